The van der Waals surface area contributed by atoms with Gasteiger partial charge in [-0.05, 0) is 23.8 Å². The quantitative estimate of drug-likeness (QED) is 0.622. The van der Waals surface area contributed by atoms with E-state index in [2.05, 4.69) is 39.0 Å². The monoisotopic (exact) mass is 373 g/mol. The Morgan fingerprint density at radius 1 is 0.893 bits per heavy atom. The molecule has 28 heavy (non-hydrogen) atoms. The second-order valence-corrected chi connectivity index (χ2v) is 6.75. The third-order valence-corrected chi connectivity index (χ3v) is 4.91. The Morgan fingerprint density at radius 2 is 1.57 bits per heavy atom. The van der Waals surface area contributed by atoms with Gasteiger partial charge in [-0.3, -0.25) is 4.79 Å². The number of hydrogen-bond acceptors (Lipinski definition) is 5. The molecule has 0 bridgehead atoms. The van der Waals surface area contributed by atoms with E-state index in [1.807, 2.05) is 48.7 Å². The lowest BCUT2D eigenvalue weighted by molar-refractivity contribution is -0.118. The molecule has 0 unspecified atom stereocenters. The van der Waals surface area contributed by atoms with Crippen LogP contribution in [0.15, 0.2) is 72.9 Å². The second kappa shape index (κ2) is 8.52. The largest absolute Gasteiger partial charge is 0.353 e. The molecule has 0 saturated carbocycles. The Balaban J connectivity index is 1.62. The maximum Gasteiger partial charge on any atom is 0.232 e. The Morgan fingerprint density at radius 3 is 2.25 bits per heavy atom. The van der Waals surface area contributed by atoms with Gasteiger partial charge in [-0.1, -0.05) is 48.5 Å². The summed E-state index contributed by atoms with van der Waals surface area (Å²) >= 11 is 0. The number of aromatic nitrogens is 2. The number of piperazine rings is 1. The highest BCUT2D eigenvalue weighted by Gasteiger charge is 2.19. The Kier molecular flexibility index (Phi) is 5.47. The molecule has 4 rings (SSSR count). The van der Waals surface area contributed by atoms with Crippen LogP contribution in [0.25, 0.3) is 0 Å². The molecule has 3 aromatic rings. The van der Waals surface area contributed by atoms with Gasteiger partial charge in [-0.25, -0.2) is 4.98 Å². The average molecular weight is 373 g/mol. The Labute approximate surface area is 165 Å². The van der Waals surface area contributed by atoms with Gasteiger partial charge in [0.15, 0.2) is 0 Å². The van der Waals surface area contributed by atoms with Gasteiger partial charge in [0.1, 0.15) is 5.82 Å². The van der Waals surface area contributed by atoms with Crippen molar-refractivity contribution in [2.45, 2.75) is 6.54 Å². The van der Waals surface area contributed by atoms with Gasteiger partial charge in [0.05, 0.1) is 6.54 Å². The number of rotatable bonds is 6. The van der Waals surface area contributed by atoms with Crippen molar-refractivity contribution in [1.29, 1.82) is 0 Å². The molecule has 1 aliphatic heterocycles. The molecule has 0 radical (unpaired) electrons. The molecule has 1 saturated heterocycles. The zero-order chi connectivity index (χ0) is 19.2. The van der Waals surface area contributed by atoms with E-state index in [4.69, 9.17) is 4.98 Å². The molecule has 1 amide bonds. The van der Waals surface area contributed by atoms with Crippen LogP contribution in [-0.4, -0.2) is 47.5 Å². The van der Waals surface area contributed by atoms with E-state index in [0.29, 0.717) is 12.5 Å². The van der Waals surface area contributed by atoms with Crippen molar-refractivity contribution in [3.05, 3.63) is 78.5 Å². The Bertz CT molecular complexity index is 895. The smallest absolute Gasteiger partial charge is 0.232 e. The number of nitrogens with zero attached hydrogens (tertiary/aromatic N) is 5. The molecule has 1 aliphatic rings. The zero-order valence-electron chi connectivity index (χ0n) is 15.7. The molecule has 0 atom stereocenters. The molecule has 2 heterocycles. The third-order valence-electron chi connectivity index (χ3n) is 4.91. The summed E-state index contributed by atoms with van der Waals surface area (Å²) in [7, 11) is 0. The van der Waals surface area contributed by atoms with E-state index in [1.54, 1.807) is 4.90 Å². The highest BCUT2D eigenvalue weighted by atomic mass is 16.1. The van der Waals surface area contributed by atoms with Crippen LogP contribution in [0.1, 0.15) is 5.56 Å². The highest BCUT2D eigenvalue weighted by molar-refractivity contribution is 5.59. The summed E-state index contributed by atoms with van der Waals surface area (Å²) in [5.74, 6) is 1.56. The molecule has 142 valence electrons. The van der Waals surface area contributed by atoms with Gasteiger partial charge in [0.25, 0.3) is 0 Å². The van der Waals surface area contributed by atoms with Gasteiger partial charge in [-0.15, -0.1) is 0 Å². The first-order chi connectivity index (χ1) is 13.8. The average Bonchev–Trinajstić information content (AvgIpc) is 2.79. The molecule has 0 aliphatic carbocycles. The fourth-order valence-corrected chi connectivity index (χ4v) is 3.35. The third kappa shape index (κ3) is 4.11. The van der Waals surface area contributed by atoms with Gasteiger partial charge in [0, 0.05) is 38.1 Å². The van der Waals surface area contributed by atoms with E-state index in [-0.39, 0.29) is 0 Å². The summed E-state index contributed by atoms with van der Waals surface area (Å²) in [6, 6.07) is 22.5. The molecular formula is C22H23N5O. The van der Waals surface area contributed by atoms with Crippen LogP contribution in [0.4, 0.5) is 17.5 Å². The maximum atomic E-state index is 11.0. The van der Waals surface area contributed by atoms with Crippen LogP contribution in [0, 0.1) is 0 Å². The van der Waals surface area contributed by atoms with E-state index in [1.165, 1.54) is 5.56 Å². The molecule has 2 aromatic carbocycles. The molecule has 1 fully saturated rings. The van der Waals surface area contributed by atoms with E-state index >= 15 is 0 Å². The summed E-state index contributed by atoms with van der Waals surface area (Å²) in [5, 5.41) is 0. The SMILES string of the molecule is O=CN1CCN(c2ccnc(N(Cc3ccccc3)c3ccccc3)n2)CC1. The predicted octanol–water partition coefficient (Wildman–Crippen LogP) is 3.09. The lowest BCUT2D eigenvalue weighted by Crippen LogP contribution is -2.46. The summed E-state index contributed by atoms with van der Waals surface area (Å²) in [5.41, 5.74) is 2.24. The summed E-state index contributed by atoms with van der Waals surface area (Å²) in [4.78, 5) is 26.5. The van der Waals surface area contributed by atoms with Crippen molar-refractivity contribution in [3.63, 3.8) is 0 Å². The van der Waals surface area contributed by atoms with Crippen molar-refractivity contribution < 1.29 is 4.79 Å². The number of anilines is 3. The van der Waals surface area contributed by atoms with Crippen LogP contribution < -0.4 is 9.80 Å². The number of carbonyl (C=O) groups is 1. The first-order valence-electron chi connectivity index (χ1n) is 9.47. The predicted molar refractivity (Wildman–Crippen MR) is 111 cm³/mol. The van der Waals surface area contributed by atoms with E-state index < -0.39 is 0 Å². The standard InChI is InChI=1S/C22H23N5O/c28-18-25-13-15-26(16-14-25)21-11-12-23-22(24-21)27(20-9-5-2-6-10-20)17-19-7-3-1-4-8-19/h1-12,18H,13-17H2. The normalized spacial score (nSPS) is 14.0. The van der Waals surface area contributed by atoms with Crippen molar-refractivity contribution >= 4 is 23.9 Å². The number of para-hydroxylation sites is 1. The second-order valence-electron chi connectivity index (χ2n) is 6.75. The summed E-state index contributed by atoms with van der Waals surface area (Å²) in [6.45, 7) is 3.68. The fourth-order valence-electron chi connectivity index (χ4n) is 3.35. The summed E-state index contributed by atoms with van der Waals surface area (Å²) < 4.78 is 0. The van der Waals surface area contributed by atoms with Crippen molar-refractivity contribution in [1.82, 2.24) is 14.9 Å². The van der Waals surface area contributed by atoms with Crippen molar-refractivity contribution in [3.8, 4) is 0 Å². The first-order valence-corrected chi connectivity index (χ1v) is 9.47. The first kappa shape index (κ1) is 18.0. The number of carbonyl (C=O) groups excluding carboxylic acids is 1. The molecule has 6 heteroatoms. The minimum Gasteiger partial charge on any atom is -0.353 e. The highest BCUT2D eigenvalue weighted by Crippen LogP contribution is 2.26. The van der Waals surface area contributed by atoms with Crippen molar-refractivity contribution in [2.75, 3.05) is 36.0 Å². The maximum absolute atomic E-state index is 11.0. The van der Waals surface area contributed by atoms with Crippen LogP contribution >= 0.6 is 0 Å². The molecular weight excluding hydrogens is 350 g/mol. The molecule has 0 spiro atoms. The Hall–Kier alpha value is -3.41. The summed E-state index contributed by atoms with van der Waals surface area (Å²) in [6.07, 6.45) is 2.73. The van der Waals surface area contributed by atoms with E-state index in [9.17, 15) is 4.79 Å². The van der Waals surface area contributed by atoms with Gasteiger partial charge >= 0.3 is 0 Å². The topological polar surface area (TPSA) is 52.6 Å². The number of amides is 1. The van der Waals surface area contributed by atoms with Crippen LogP contribution in [0.5, 0.6) is 0 Å². The van der Waals surface area contributed by atoms with Crippen LogP contribution in [-0.2, 0) is 11.3 Å². The molecule has 1 aromatic heterocycles. The van der Waals surface area contributed by atoms with Gasteiger partial charge < -0.3 is 14.7 Å². The number of benzene rings is 2. The van der Waals surface area contributed by atoms with Gasteiger partial charge in [0.2, 0.25) is 12.4 Å². The fraction of sp³-hybridized carbons (Fsp3) is 0.227. The number of hydrogen-bond donors (Lipinski definition) is 0. The minimum atomic E-state index is 0.672. The minimum absolute atomic E-state index is 0.672. The molecule has 6 nitrogen and oxygen atoms in total. The van der Waals surface area contributed by atoms with Crippen molar-refractivity contribution in [2.24, 2.45) is 0 Å². The molecule has 0 N–H and O–H groups in total. The van der Waals surface area contributed by atoms with Crippen LogP contribution in [0.3, 0.4) is 0 Å². The van der Waals surface area contributed by atoms with Gasteiger partial charge in [-0.2, -0.15) is 4.98 Å². The van der Waals surface area contributed by atoms with Crippen LogP contribution in [0.2, 0.25) is 0 Å². The lowest BCUT2D eigenvalue weighted by atomic mass is 10.2. The zero-order valence-corrected chi connectivity index (χ0v) is 15.7. The van der Waals surface area contributed by atoms with E-state index in [0.717, 1.165) is 44.1 Å². The lowest BCUT2D eigenvalue weighted by Gasteiger charge is -2.33.